The number of thiazole rings is 1. The summed E-state index contributed by atoms with van der Waals surface area (Å²) in [5, 5.41) is 8.94. The van der Waals surface area contributed by atoms with Crippen molar-refractivity contribution in [3.63, 3.8) is 0 Å². The van der Waals surface area contributed by atoms with Crippen molar-refractivity contribution in [2.45, 2.75) is 20.3 Å². The summed E-state index contributed by atoms with van der Waals surface area (Å²) in [5.41, 5.74) is 0.772. The molecule has 7 nitrogen and oxygen atoms in total. The van der Waals surface area contributed by atoms with Crippen molar-refractivity contribution >= 4 is 34.0 Å². The molecule has 11 heteroatoms. The van der Waals surface area contributed by atoms with Crippen LogP contribution in [0.5, 0.6) is 5.75 Å². The zero-order valence-electron chi connectivity index (χ0n) is 17.6. The predicted molar refractivity (Wildman–Crippen MR) is 123 cm³/mol. The van der Waals surface area contributed by atoms with Gasteiger partial charge in [-0.15, -0.1) is 11.3 Å². The Morgan fingerprint density at radius 3 is 2.70 bits per heavy atom. The van der Waals surface area contributed by atoms with E-state index in [0.717, 1.165) is 16.0 Å². The number of rotatable bonds is 7. The summed E-state index contributed by atoms with van der Waals surface area (Å²) >= 11 is 7.32. The van der Waals surface area contributed by atoms with Crippen LogP contribution in [0.25, 0.3) is 17.1 Å². The van der Waals surface area contributed by atoms with E-state index in [1.54, 1.807) is 48.0 Å². The minimum absolute atomic E-state index is 0.146. The number of alkyl halides is 2. The van der Waals surface area contributed by atoms with Crippen LogP contribution in [-0.2, 0) is 0 Å². The molecule has 4 aromatic rings. The average molecular weight is 490 g/mol. The van der Waals surface area contributed by atoms with E-state index in [2.05, 4.69) is 20.4 Å². The Labute approximate surface area is 197 Å². The van der Waals surface area contributed by atoms with Crippen LogP contribution in [0.15, 0.2) is 48.0 Å². The highest BCUT2D eigenvalue weighted by atomic mass is 35.5. The molecule has 3 heterocycles. The minimum Gasteiger partial charge on any atom is -0.492 e. The van der Waals surface area contributed by atoms with Gasteiger partial charge in [0.15, 0.2) is 5.13 Å². The van der Waals surface area contributed by atoms with Crippen LogP contribution in [-0.4, -0.2) is 32.3 Å². The summed E-state index contributed by atoms with van der Waals surface area (Å²) in [6.45, 7) is 3.90. The van der Waals surface area contributed by atoms with Crippen molar-refractivity contribution < 1.29 is 18.3 Å². The minimum atomic E-state index is -2.96. The number of para-hydroxylation sites is 1. The number of pyridine rings is 1. The SMILES string of the molecule is CCOc1ccc(-c2csc(NC(=O)c3c(C)nn(-c4ccccc4Cl)c3C(F)F)n2)nc1. The summed E-state index contributed by atoms with van der Waals surface area (Å²) in [4.78, 5) is 21.6. The number of amides is 1. The molecule has 0 aliphatic carbocycles. The van der Waals surface area contributed by atoms with Crippen LogP contribution < -0.4 is 10.1 Å². The lowest BCUT2D eigenvalue weighted by atomic mass is 10.1. The number of benzene rings is 1. The molecule has 0 radical (unpaired) electrons. The van der Waals surface area contributed by atoms with Gasteiger partial charge in [-0.2, -0.15) is 5.10 Å². The van der Waals surface area contributed by atoms with Gasteiger partial charge in [0.1, 0.15) is 17.1 Å². The Balaban J connectivity index is 1.61. The molecule has 0 unspecified atom stereocenters. The molecule has 4 rings (SSSR count). The molecule has 0 atom stereocenters. The van der Waals surface area contributed by atoms with Gasteiger partial charge in [0, 0.05) is 5.38 Å². The van der Waals surface area contributed by atoms with Crippen molar-refractivity contribution in [3.8, 4) is 22.8 Å². The number of carbonyl (C=O) groups is 1. The number of anilines is 1. The molecule has 1 aromatic carbocycles. The van der Waals surface area contributed by atoms with Crippen molar-refractivity contribution in [3.05, 3.63) is 69.9 Å². The molecule has 3 aromatic heterocycles. The van der Waals surface area contributed by atoms with E-state index < -0.39 is 18.0 Å². The van der Waals surface area contributed by atoms with E-state index in [1.165, 1.54) is 6.92 Å². The lowest BCUT2D eigenvalue weighted by Gasteiger charge is -2.10. The lowest BCUT2D eigenvalue weighted by Crippen LogP contribution is -2.15. The highest BCUT2D eigenvalue weighted by Gasteiger charge is 2.29. The second kappa shape index (κ2) is 9.63. The van der Waals surface area contributed by atoms with E-state index in [9.17, 15) is 13.6 Å². The van der Waals surface area contributed by atoms with Gasteiger partial charge in [-0.25, -0.2) is 18.4 Å². The zero-order chi connectivity index (χ0) is 23.5. The van der Waals surface area contributed by atoms with Gasteiger partial charge in [0.05, 0.1) is 40.5 Å². The highest BCUT2D eigenvalue weighted by Crippen LogP contribution is 2.32. The molecule has 1 amide bonds. The largest absolute Gasteiger partial charge is 0.492 e. The smallest absolute Gasteiger partial charge is 0.281 e. The molecule has 0 spiro atoms. The lowest BCUT2D eigenvalue weighted by molar-refractivity contribution is 0.100. The van der Waals surface area contributed by atoms with Gasteiger partial charge >= 0.3 is 0 Å². The monoisotopic (exact) mass is 489 g/mol. The fourth-order valence-corrected chi connectivity index (χ4v) is 4.14. The number of nitrogens with one attached hydrogen (secondary N) is 1. The molecular formula is C22H18ClF2N5O2S. The molecule has 0 bridgehead atoms. The molecule has 1 N–H and O–H groups in total. The van der Waals surface area contributed by atoms with Gasteiger partial charge in [0.25, 0.3) is 12.3 Å². The zero-order valence-corrected chi connectivity index (χ0v) is 19.1. The van der Waals surface area contributed by atoms with Crippen molar-refractivity contribution in [2.75, 3.05) is 11.9 Å². The third kappa shape index (κ3) is 4.71. The van der Waals surface area contributed by atoms with Crippen LogP contribution in [0.1, 0.15) is 35.1 Å². The van der Waals surface area contributed by atoms with Gasteiger partial charge in [-0.1, -0.05) is 23.7 Å². The predicted octanol–water partition coefficient (Wildman–Crippen LogP) is 5.94. The number of nitrogens with zero attached hydrogens (tertiary/aromatic N) is 4. The van der Waals surface area contributed by atoms with Crippen LogP contribution in [0.4, 0.5) is 13.9 Å². The third-order valence-corrected chi connectivity index (χ3v) is 5.72. The van der Waals surface area contributed by atoms with Crippen molar-refractivity contribution in [1.82, 2.24) is 19.7 Å². The normalized spacial score (nSPS) is 11.1. The molecule has 33 heavy (non-hydrogen) atoms. The van der Waals surface area contributed by atoms with Crippen LogP contribution in [0.3, 0.4) is 0 Å². The maximum atomic E-state index is 14.0. The van der Waals surface area contributed by atoms with Gasteiger partial charge in [-0.3, -0.25) is 15.1 Å². The van der Waals surface area contributed by atoms with Gasteiger partial charge in [0.2, 0.25) is 0 Å². The first kappa shape index (κ1) is 22.8. The number of carbonyl (C=O) groups excluding carboxylic acids is 1. The Kier molecular flexibility index (Phi) is 6.66. The maximum Gasteiger partial charge on any atom is 0.281 e. The Bertz CT molecular complexity index is 1290. The number of ether oxygens (including phenoxy) is 1. The van der Waals surface area contributed by atoms with E-state index in [1.807, 2.05) is 6.92 Å². The summed E-state index contributed by atoms with van der Waals surface area (Å²) in [5.74, 6) is -0.0998. The van der Waals surface area contributed by atoms with E-state index in [4.69, 9.17) is 16.3 Å². The molecule has 0 saturated heterocycles. The Morgan fingerprint density at radius 2 is 2.03 bits per heavy atom. The number of aromatic nitrogens is 4. The molecule has 170 valence electrons. The number of aryl methyl sites for hydroxylation is 1. The van der Waals surface area contributed by atoms with Crippen LogP contribution in [0.2, 0.25) is 5.02 Å². The Hall–Kier alpha value is -3.37. The summed E-state index contributed by atoms with van der Waals surface area (Å²) in [6.07, 6.45) is -1.37. The third-order valence-electron chi connectivity index (χ3n) is 4.64. The van der Waals surface area contributed by atoms with Gasteiger partial charge in [-0.05, 0) is 38.1 Å². The first-order chi connectivity index (χ1) is 15.9. The molecule has 0 aliphatic heterocycles. The Morgan fingerprint density at radius 1 is 1.24 bits per heavy atom. The number of hydrogen-bond acceptors (Lipinski definition) is 6. The summed E-state index contributed by atoms with van der Waals surface area (Å²) < 4.78 is 34.4. The van der Waals surface area contributed by atoms with Gasteiger partial charge < -0.3 is 4.74 Å². The first-order valence-corrected chi connectivity index (χ1v) is 11.1. The van der Waals surface area contributed by atoms with Crippen LogP contribution >= 0.6 is 22.9 Å². The van der Waals surface area contributed by atoms with Crippen molar-refractivity contribution in [2.24, 2.45) is 0 Å². The van der Waals surface area contributed by atoms with E-state index in [-0.39, 0.29) is 27.1 Å². The topological polar surface area (TPSA) is 81.9 Å². The second-order valence-corrected chi connectivity index (χ2v) is 8.08. The maximum absolute atomic E-state index is 14.0. The molecule has 0 saturated carbocycles. The second-order valence-electron chi connectivity index (χ2n) is 6.81. The fourth-order valence-electron chi connectivity index (χ4n) is 3.23. The highest BCUT2D eigenvalue weighted by molar-refractivity contribution is 7.14. The summed E-state index contributed by atoms with van der Waals surface area (Å²) in [6, 6.07) is 9.97. The number of hydrogen-bond donors (Lipinski definition) is 1. The molecule has 0 fully saturated rings. The standard InChI is InChI=1S/C22H18ClF2N5O2S/c1-3-32-13-8-9-15(26-10-13)16-11-33-22(27-16)28-21(31)18-12(2)29-30(19(18)20(24)25)17-7-5-4-6-14(17)23/h4-11,20H,3H2,1-2H3,(H,27,28,31). The van der Waals surface area contributed by atoms with Crippen molar-refractivity contribution in [1.29, 1.82) is 0 Å². The molecular weight excluding hydrogens is 472 g/mol. The first-order valence-electron chi connectivity index (χ1n) is 9.87. The molecule has 0 aliphatic rings. The average Bonchev–Trinajstić information content (AvgIpc) is 3.39. The van der Waals surface area contributed by atoms with Crippen LogP contribution in [0, 0.1) is 6.92 Å². The summed E-state index contributed by atoms with van der Waals surface area (Å²) in [7, 11) is 0. The quantitative estimate of drug-likeness (QED) is 0.347. The fraction of sp³-hybridized carbons (Fsp3) is 0.182. The van der Waals surface area contributed by atoms with E-state index in [0.29, 0.717) is 23.7 Å². The number of halogens is 3. The van der Waals surface area contributed by atoms with E-state index >= 15 is 0 Å².